The molecule has 4 N–H and O–H groups in total. The van der Waals surface area contributed by atoms with Gasteiger partial charge in [0, 0.05) is 17.2 Å². The smallest absolute Gasteiger partial charge is 0.239 e. The van der Waals surface area contributed by atoms with E-state index in [0.717, 1.165) is 11.1 Å². The van der Waals surface area contributed by atoms with E-state index in [1.807, 2.05) is 13.8 Å². The minimum absolute atomic E-state index is 0.0389. The van der Waals surface area contributed by atoms with Crippen LogP contribution in [0.3, 0.4) is 0 Å². The highest BCUT2D eigenvalue weighted by Gasteiger charge is 2.17. The lowest BCUT2D eigenvalue weighted by molar-refractivity contribution is 0.562. The Morgan fingerprint density at radius 3 is 1.78 bits per heavy atom. The zero-order chi connectivity index (χ0) is 24.3. The van der Waals surface area contributed by atoms with E-state index in [1.165, 1.54) is 24.3 Å². The van der Waals surface area contributed by atoms with Gasteiger partial charge in [0.15, 0.2) is 0 Å². The van der Waals surface area contributed by atoms with Crippen molar-refractivity contribution in [1.29, 1.82) is 0 Å². The number of hydrogen-bond donors (Lipinski definition) is 2. The van der Waals surface area contributed by atoms with Crippen molar-refractivity contribution in [1.82, 2.24) is 9.78 Å². The highest BCUT2D eigenvalue weighted by molar-refractivity contribution is 9.09. The van der Waals surface area contributed by atoms with Crippen LogP contribution in [0.4, 0.5) is 0 Å². The van der Waals surface area contributed by atoms with Crippen molar-refractivity contribution < 1.29 is 16.8 Å². The van der Waals surface area contributed by atoms with Crippen LogP contribution in [0.5, 0.6) is 0 Å². The molecule has 3 aromatic rings. The Bertz CT molecular complexity index is 1300. The molecule has 0 radical (unpaired) electrons. The number of nitrogens with two attached hydrogens (primary N) is 2. The van der Waals surface area contributed by atoms with Gasteiger partial charge in [-0.25, -0.2) is 27.1 Å². The minimum atomic E-state index is -3.82. The molecule has 0 fully saturated rings. The second-order valence-corrected chi connectivity index (χ2v) is 12.0. The predicted molar refractivity (Wildman–Crippen MR) is 129 cm³/mol. The van der Waals surface area contributed by atoms with Gasteiger partial charge in [0.25, 0.3) is 0 Å². The summed E-state index contributed by atoms with van der Waals surface area (Å²) in [5.74, 6) is 0. The van der Waals surface area contributed by atoms with Crippen molar-refractivity contribution in [3.05, 3.63) is 76.0 Å². The van der Waals surface area contributed by atoms with E-state index >= 15 is 0 Å². The average Bonchev–Trinajstić information content (AvgIpc) is 3.21. The van der Waals surface area contributed by atoms with E-state index in [9.17, 15) is 16.8 Å². The van der Waals surface area contributed by atoms with Crippen LogP contribution in [0.1, 0.15) is 35.8 Å². The Balaban J connectivity index is 0.000000235. The first kappa shape index (κ1) is 26.8. The van der Waals surface area contributed by atoms with Crippen molar-refractivity contribution in [3.63, 3.8) is 0 Å². The van der Waals surface area contributed by atoms with Gasteiger partial charge in [-0.2, -0.15) is 5.10 Å². The Hall–Kier alpha value is -1.47. The van der Waals surface area contributed by atoms with Gasteiger partial charge in [0.1, 0.15) is 9.79 Å². The van der Waals surface area contributed by atoms with E-state index in [1.54, 1.807) is 35.3 Å². The van der Waals surface area contributed by atoms with Gasteiger partial charge in [-0.15, -0.1) is 0 Å². The van der Waals surface area contributed by atoms with Gasteiger partial charge < -0.3 is 0 Å². The molecule has 13 heteroatoms. The lowest BCUT2D eigenvalue weighted by atomic mass is 10.1. The Labute approximate surface area is 205 Å². The zero-order valence-electron chi connectivity index (χ0n) is 17.0. The SMILES string of the molecule is CC(Br)c1ccc(Cl)c(S(N)(=O)=O)c1.CC(c1ccc(Cl)c(S(N)(=O)=O)c1)n1cccn1. The van der Waals surface area contributed by atoms with E-state index in [0.29, 0.717) is 0 Å². The summed E-state index contributed by atoms with van der Waals surface area (Å²) in [5.41, 5.74) is 1.59. The number of hydrogen-bond acceptors (Lipinski definition) is 5. The molecule has 2 aromatic carbocycles. The molecular formula is C19H21BrCl2N4O4S2. The molecule has 32 heavy (non-hydrogen) atoms. The van der Waals surface area contributed by atoms with Crippen LogP contribution < -0.4 is 10.3 Å². The molecule has 0 aliphatic heterocycles. The zero-order valence-corrected chi connectivity index (χ0v) is 21.7. The summed E-state index contributed by atoms with van der Waals surface area (Å²) in [7, 11) is -7.56. The third-order valence-electron chi connectivity index (χ3n) is 4.39. The largest absolute Gasteiger partial charge is 0.266 e. The van der Waals surface area contributed by atoms with Gasteiger partial charge in [0.2, 0.25) is 20.0 Å². The summed E-state index contributed by atoms with van der Waals surface area (Å²) in [6.07, 6.45) is 3.46. The Kier molecular flexibility index (Phi) is 8.90. The summed E-state index contributed by atoms with van der Waals surface area (Å²) in [5, 5.41) is 14.5. The maximum absolute atomic E-state index is 11.4. The van der Waals surface area contributed by atoms with Gasteiger partial charge in [-0.05, 0) is 55.3 Å². The highest BCUT2D eigenvalue weighted by atomic mass is 79.9. The number of halogens is 3. The first-order chi connectivity index (χ1) is 14.7. The summed E-state index contributed by atoms with van der Waals surface area (Å²) >= 11 is 14.9. The molecular weight excluding hydrogens is 563 g/mol. The summed E-state index contributed by atoms with van der Waals surface area (Å²) in [6.45, 7) is 3.79. The highest BCUT2D eigenvalue weighted by Crippen LogP contribution is 2.28. The second kappa shape index (κ2) is 10.6. The van der Waals surface area contributed by atoms with Crippen LogP contribution >= 0.6 is 39.1 Å². The average molecular weight is 584 g/mol. The van der Waals surface area contributed by atoms with Crippen LogP contribution in [0.2, 0.25) is 10.0 Å². The lowest BCUT2D eigenvalue weighted by Gasteiger charge is -2.14. The number of rotatable bonds is 5. The standard InChI is InChI=1S/C11H12ClN3O2S.C8H9BrClNO2S/c1-8(15-6-2-5-14-15)9-3-4-10(12)11(7-9)18(13,16)17;1-5(9)6-2-3-7(10)8(4-6)14(11,12)13/h2-8H,1H3,(H2,13,16,17);2-5H,1H3,(H2,11,12,13). The maximum atomic E-state index is 11.4. The molecule has 0 aliphatic rings. The number of sulfonamides is 2. The van der Waals surface area contributed by atoms with E-state index < -0.39 is 20.0 Å². The normalized spacial score (nSPS) is 13.7. The van der Waals surface area contributed by atoms with Gasteiger partial charge in [0.05, 0.1) is 16.1 Å². The molecule has 0 spiro atoms. The molecule has 0 saturated carbocycles. The molecule has 8 nitrogen and oxygen atoms in total. The Morgan fingerprint density at radius 1 is 0.906 bits per heavy atom. The maximum Gasteiger partial charge on any atom is 0.239 e. The topological polar surface area (TPSA) is 138 Å². The van der Waals surface area contributed by atoms with Gasteiger partial charge in [-0.1, -0.05) is 51.3 Å². The number of primary sulfonamides is 2. The fourth-order valence-corrected chi connectivity index (χ4v) is 5.09. The number of aromatic nitrogens is 2. The van der Waals surface area contributed by atoms with Crippen molar-refractivity contribution in [2.45, 2.75) is 34.5 Å². The number of alkyl halides is 1. The minimum Gasteiger partial charge on any atom is -0.266 e. The summed E-state index contributed by atoms with van der Waals surface area (Å²) in [4.78, 5) is -0.0519. The first-order valence-electron chi connectivity index (χ1n) is 8.99. The molecule has 2 atom stereocenters. The number of benzene rings is 2. The van der Waals surface area contributed by atoms with Gasteiger partial charge in [-0.3, -0.25) is 4.68 Å². The first-order valence-corrected chi connectivity index (χ1v) is 13.8. The van der Waals surface area contributed by atoms with Crippen LogP contribution in [0.25, 0.3) is 0 Å². The molecule has 2 unspecified atom stereocenters. The van der Waals surface area contributed by atoms with E-state index in [2.05, 4.69) is 21.0 Å². The fourth-order valence-electron chi connectivity index (χ4n) is 2.65. The summed E-state index contributed by atoms with van der Waals surface area (Å²) in [6, 6.07) is 11.2. The van der Waals surface area contributed by atoms with Crippen molar-refractivity contribution in [2.75, 3.05) is 0 Å². The monoisotopic (exact) mass is 582 g/mol. The molecule has 0 amide bonds. The quantitative estimate of drug-likeness (QED) is 0.433. The van der Waals surface area contributed by atoms with Crippen molar-refractivity contribution >= 4 is 59.2 Å². The molecule has 1 heterocycles. The van der Waals surface area contributed by atoms with Crippen molar-refractivity contribution in [3.8, 4) is 0 Å². The lowest BCUT2D eigenvalue weighted by Crippen LogP contribution is -2.14. The Morgan fingerprint density at radius 2 is 1.38 bits per heavy atom. The summed E-state index contributed by atoms with van der Waals surface area (Å²) < 4.78 is 46.7. The third-order valence-corrected chi connectivity index (χ3v) is 7.70. The van der Waals surface area contributed by atoms with E-state index in [4.69, 9.17) is 33.5 Å². The molecule has 174 valence electrons. The molecule has 1 aromatic heterocycles. The number of nitrogens with zero attached hydrogens (tertiary/aromatic N) is 2. The molecule has 0 saturated heterocycles. The van der Waals surface area contributed by atoms with Crippen LogP contribution in [0.15, 0.2) is 64.6 Å². The third kappa shape index (κ3) is 7.01. The van der Waals surface area contributed by atoms with Gasteiger partial charge >= 0.3 is 0 Å². The molecule has 0 aliphatic carbocycles. The van der Waals surface area contributed by atoms with Crippen LogP contribution in [-0.4, -0.2) is 26.6 Å². The van der Waals surface area contributed by atoms with Crippen LogP contribution in [-0.2, 0) is 20.0 Å². The van der Waals surface area contributed by atoms with Crippen molar-refractivity contribution in [2.24, 2.45) is 10.3 Å². The fraction of sp³-hybridized carbons (Fsp3) is 0.211. The molecule has 3 rings (SSSR count). The van der Waals surface area contributed by atoms with Crippen LogP contribution in [0, 0.1) is 0 Å². The predicted octanol–water partition coefficient (Wildman–Crippen LogP) is 4.24. The second-order valence-electron chi connectivity index (χ2n) is 6.75. The molecule has 0 bridgehead atoms. The van der Waals surface area contributed by atoms with E-state index in [-0.39, 0.29) is 30.7 Å².